The summed E-state index contributed by atoms with van der Waals surface area (Å²) >= 11 is 3.19. The van der Waals surface area contributed by atoms with E-state index in [9.17, 15) is 5.11 Å². The molecule has 1 aromatic rings. The van der Waals surface area contributed by atoms with Crippen molar-refractivity contribution in [3.8, 4) is 11.5 Å². The SMILES string of the molecule is COc1ccc([C@@H](N)CO)c(Br)c1O. The van der Waals surface area contributed by atoms with Gasteiger partial charge in [-0.3, -0.25) is 0 Å². The van der Waals surface area contributed by atoms with Gasteiger partial charge in [-0.1, -0.05) is 6.07 Å². The zero-order valence-corrected chi connectivity index (χ0v) is 9.28. The van der Waals surface area contributed by atoms with Gasteiger partial charge in [-0.15, -0.1) is 0 Å². The van der Waals surface area contributed by atoms with Crippen molar-refractivity contribution in [2.75, 3.05) is 13.7 Å². The third kappa shape index (κ3) is 2.00. The molecule has 0 aliphatic rings. The molecule has 14 heavy (non-hydrogen) atoms. The van der Waals surface area contributed by atoms with Gasteiger partial charge in [-0.25, -0.2) is 0 Å². The van der Waals surface area contributed by atoms with Crippen LogP contribution in [0.3, 0.4) is 0 Å². The van der Waals surface area contributed by atoms with Crippen molar-refractivity contribution in [1.82, 2.24) is 0 Å². The summed E-state index contributed by atoms with van der Waals surface area (Å²) in [7, 11) is 1.47. The first kappa shape index (κ1) is 11.3. The molecular weight excluding hydrogens is 250 g/mol. The molecule has 1 aromatic carbocycles. The second-order valence-electron chi connectivity index (χ2n) is 2.81. The van der Waals surface area contributed by atoms with Crippen LogP contribution in [0.4, 0.5) is 0 Å². The lowest BCUT2D eigenvalue weighted by Gasteiger charge is -2.13. The Kier molecular flexibility index (Phi) is 3.74. The molecule has 0 unspecified atom stereocenters. The molecule has 0 fully saturated rings. The van der Waals surface area contributed by atoms with Crippen molar-refractivity contribution in [1.29, 1.82) is 0 Å². The van der Waals surface area contributed by atoms with E-state index in [1.807, 2.05) is 0 Å². The van der Waals surface area contributed by atoms with Gasteiger partial charge >= 0.3 is 0 Å². The van der Waals surface area contributed by atoms with E-state index in [-0.39, 0.29) is 12.4 Å². The molecule has 4 N–H and O–H groups in total. The van der Waals surface area contributed by atoms with Crippen LogP contribution in [0.15, 0.2) is 16.6 Å². The van der Waals surface area contributed by atoms with E-state index in [1.54, 1.807) is 12.1 Å². The molecule has 5 heteroatoms. The molecule has 0 radical (unpaired) electrons. The molecule has 0 amide bonds. The molecule has 0 bridgehead atoms. The van der Waals surface area contributed by atoms with Crippen LogP contribution in [0.2, 0.25) is 0 Å². The number of aromatic hydroxyl groups is 1. The maximum Gasteiger partial charge on any atom is 0.172 e. The smallest absolute Gasteiger partial charge is 0.172 e. The predicted molar refractivity (Wildman–Crippen MR) is 56.4 cm³/mol. The Morgan fingerprint density at radius 1 is 1.57 bits per heavy atom. The summed E-state index contributed by atoms with van der Waals surface area (Å²) in [6.07, 6.45) is 0. The van der Waals surface area contributed by atoms with E-state index in [1.165, 1.54) is 7.11 Å². The molecule has 1 rings (SSSR count). The number of aliphatic hydroxyl groups is 1. The average molecular weight is 262 g/mol. The van der Waals surface area contributed by atoms with Crippen LogP contribution in [0.5, 0.6) is 11.5 Å². The fraction of sp³-hybridized carbons (Fsp3) is 0.333. The maximum absolute atomic E-state index is 9.61. The largest absolute Gasteiger partial charge is 0.503 e. The van der Waals surface area contributed by atoms with Gasteiger partial charge in [0.15, 0.2) is 11.5 Å². The normalized spacial score (nSPS) is 12.6. The summed E-state index contributed by atoms with van der Waals surface area (Å²) in [5.41, 5.74) is 6.27. The van der Waals surface area contributed by atoms with Crippen molar-refractivity contribution < 1.29 is 14.9 Å². The Morgan fingerprint density at radius 3 is 2.71 bits per heavy atom. The molecule has 0 spiro atoms. The highest BCUT2D eigenvalue weighted by Gasteiger charge is 2.15. The molecule has 1 atom stereocenters. The fourth-order valence-corrected chi connectivity index (χ4v) is 1.73. The molecule has 0 saturated heterocycles. The van der Waals surface area contributed by atoms with Crippen molar-refractivity contribution in [3.63, 3.8) is 0 Å². The van der Waals surface area contributed by atoms with Crippen molar-refractivity contribution in [2.45, 2.75) is 6.04 Å². The number of ether oxygens (including phenoxy) is 1. The van der Waals surface area contributed by atoms with Crippen molar-refractivity contribution in [3.05, 3.63) is 22.2 Å². The van der Waals surface area contributed by atoms with Crippen LogP contribution in [0.25, 0.3) is 0 Å². The number of nitrogens with two attached hydrogens (primary N) is 1. The van der Waals surface area contributed by atoms with Gasteiger partial charge in [0, 0.05) is 0 Å². The molecule has 4 nitrogen and oxygen atoms in total. The minimum atomic E-state index is -0.513. The number of hydrogen-bond donors (Lipinski definition) is 3. The highest BCUT2D eigenvalue weighted by Crippen LogP contribution is 2.38. The first-order chi connectivity index (χ1) is 6.61. The average Bonchev–Trinajstić information content (AvgIpc) is 2.21. The molecule has 0 aliphatic heterocycles. The Bertz CT molecular complexity index is 330. The minimum absolute atomic E-state index is 0.00565. The molecule has 0 aliphatic carbocycles. The summed E-state index contributed by atoms with van der Waals surface area (Å²) in [6.45, 7) is -0.176. The van der Waals surface area contributed by atoms with Crippen molar-refractivity contribution >= 4 is 15.9 Å². The molecule has 0 heterocycles. The van der Waals surface area contributed by atoms with Crippen LogP contribution in [0.1, 0.15) is 11.6 Å². The Labute approximate surface area is 90.4 Å². The zero-order valence-electron chi connectivity index (χ0n) is 7.70. The highest BCUT2D eigenvalue weighted by molar-refractivity contribution is 9.10. The number of aliphatic hydroxyl groups excluding tert-OH is 1. The summed E-state index contributed by atoms with van der Waals surface area (Å²) in [5, 5.41) is 18.5. The predicted octanol–water partition coefficient (Wildman–Crippen LogP) is 1.16. The number of halogens is 1. The topological polar surface area (TPSA) is 75.7 Å². The number of rotatable bonds is 3. The first-order valence-corrected chi connectivity index (χ1v) is 4.83. The minimum Gasteiger partial charge on any atom is -0.503 e. The number of benzene rings is 1. The van der Waals surface area contributed by atoms with E-state index in [4.69, 9.17) is 15.6 Å². The third-order valence-electron chi connectivity index (χ3n) is 1.93. The van der Waals surface area contributed by atoms with E-state index in [2.05, 4.69) is 15.9 Å². The van der Waals surface area contributed by atoms with E-state index in [0.717, 1.165) is 0 Å². The van der Waals surface area contributed by atoms with Crippen LogP contribution >= 0.6 is 15.9 Å². The molecular formula is C9H12BrNO3. The van der Waals surface area contributed by atoms with Crippen LogP contribution in [-0.2, 0) is 0 Å². The van der Waals surface area contributed by atoms with Gasteiger partial charge in [0.05, 0.1) is 24.2 Å². The number of phenols is 1. The summed E-state index contributed by atoms with van der Waals surface area (Å²) in [5.74, 6) is 0.361. The van der Waals surface area contributed by atoms with Gasteiger partial charge in [-0.2, -0.15) is 0 Å². The van der Waals surface area contributed by atoms with E-state index >= 15 is 0 Å². The van der Waals surface area contributed by atoms with E-state index in [0.29, 0.717) is 15.8 Å². The fourth-order valence-electron chi connectivity index (χ4n) is 1.11. The van der Waals surface area contributed by atoms with Gasteiger partial charge in [0.25, 0.3) is 0 Å². The summed E-state index contributed by atoms with van der Waals surface area (Å²) in [6, 6.07) is 2.79. The van der Waals surface area contributed by atoms with Gasteiger partial charge in [-0.05, 0) is 27.6 Å². The molecule has 0 aromatic heterocycles. The van der Waals surface area contributed by atoms with Crippen molar-refractivity contribution in [2.24, 2.45) is 5.73 Å². The van der Waals surface area contributed by atoms with Gasteiger partial charge in [0.2, 0.25) is 0 Å². The van der Waals surface area contributed by atoms with Crippen LogP contribution < -0.4 is 10.5 Å². The number of hydrogen-bond acceptors (Lipinski definition) is 4. The molecule has 0 saturated carbocycles. The second kappa shape index (κ2) is 4.63. The Morgan fingerprint density at radius 2 is 2.21 bits per heavy atom. The third-order valence-corrected chi connectivity index (χ3v) is 2.76. The number of methoxy groups -OCH3 is 1. The number of phenolic OH excluding ortho intramolecular Hbond substituents is 1. The van der Waals surface area contributed by atoms with E-state index < -0.39 is 6.04 Å². The van der Waals surface area contributed by atoms with Crippen LogP contribution in [0, 0.1) is 0 Å². The zero-order chi connectivity index (χ0) is 10.7. The lowest BCUT2D eigenvalue weighted by atomic mass is 10.1. The standard InChI is InChI=1S/C9H12BrNO3/c1-14-7-3-2-5(6(11)4-12)8(10)9(7)13/h2-3,6,12-13H,4,11H2,1H3/t6-/m0/s1. The lowest BCUT2D eigenvalue weighted by Crippen LogP contribution is -2.15. The summed E-state index contributed by atoms with van der Waals surface area (Å²) < 4.78 is 5.37. The van der Waals surface area contributed by atoms with Gasteiger partial charge in [0.1, 0.15) is 0 Å². The highest BCUT2D eigenvalue weighted by atomic mass is 79.9. The first-order valence-electron chi connectivity index (χ1n) is 4.03. The Hall–Kier alpha value is -0.780. The molecule has 78 valence electrons. The summed E-state index contributed by atoms with van der Waals surface area (Å²) in [4.78, 5) is 0. The van der Waals surface area contributed by atoms with Crippen LogP contribution in [-0.4, -0.2) is 23.9 Å². The Balaban J connectivity index is 3.17. The van der Waals surface area contributed by atoms with Gasteiger partial charge < -0.3 is 20.7 Å². The lowest BCUT2D eigenvalue weighted by molar-refractivity contribution is 0.267. The monoisotopic (exact) mass is 261 g/mol. The maximum atomic E-state index is 9.61. The quantitative estimate of drug-likeness (QED) is 0.763. The second-order valence-corrected chi connectivity index (χ2v) is 3.60.